The second-order valence-electron chi connectivity index (χ2n) is 7.04. The fourth-order valence-electron chi connectivity index (χ4n) is 3.19. The van der Waals surface area contributed by atoms with Crippen LogP contribution in [0.3, 0.4) is 0 Å². The lowest BCUT2D eigenvalue weighted by molar-refractivity contribution is -0.137. The number of sulfonamides is 1. The second kappa shape index (κ2) is 9.99. The van der Waals surface area contributed by atoms with Gasteiger partial charge >= 0.3 is 6.18 Å². The molecule has 0 unspecified atom stereocenters. The average molecular weight is 456 g/mol. The van der Waals surface area contributed by atoms with Gasteiger partial charge in [-0.15, -0.1) is 0 Å². The van der Waals surface area contributed by atoms with Crippen molar-refractivity contribution in [2.24, 2.45) is 0 Å². The molecule has 0 saturated carbocycles. The highest BCUT2D eigenvalue weighted by atomic mass is 35.5. The summed E-state index contributed by atoms with van der Waals surface area (Å²) in [5.41, 5.74) is -1.43. The third-order valence-corrected chi connectivity index (χ3v) is 6.12. The molecule has 0 atom stereocenters. The van der Waals surface area contributed by atoms with E-state index in [0.29, 0.717) is 23.3 Å². The largest absolute Gasteiger partial charge is 0.417 e. The van der Waals surface area contributed by atoms with Crippen molar-refractivity contribution in [1.29, 1.82) is 0 Å². The van der Waals surface area contributed by atoms with Gasteiger partial charge in [0.15, 0.2) is 0 Å². The smallest absolute Gasteiger partial charge is 0.354 e. The topological polar surface area (TPSA) is 69.7 Å². The van der Waals surface area contributed by atoms with Gasteiger partial charge in [0.1, 0.15) is 6.54 Å². The molecule has 29 heavy (non-hydrogen) atoms. The lowest BCUT2D eigenvalue weighted by atomic mass is 10.1. The Labute approximate surface area is 174 Å². The van der Waals surface area contributed by atoms with Crippen molar-refractivity contribution in [2.45, 2.75) is 31.9 Å². The third kappa shape index (κ3) is 7.35. The summed E-state index contributed by atoms with van der Waals surface area (Å²) in [6.45, 7) is 2.66. The van der Waals surface area contributed by atoms with Crippen LogP contribution in [0.2, 0.25) is 5.02 Å². The maximum atomic E-state index is 13.1. The summed E-state index contributed by atoms with van der Waals surface area (Å²) in [4.78, 5) is 14.5. The van der Waals surface area contributed by atoms with E-state index in [1.165, 1.54) is 6.42 Å². The molecule has 1 amide bonds. The number of likely N-dealkylation sites (tertiary alicyclic amines) is 1. The normalized spacial score (nSPS) is 15.9. The van der Waals surface area contributed by atoms with Crippen LogP contribution in [-0.4, -0.2) is 58.2 Å². The van der Waals surface area contributed by atoms with Crippen molar-refractivity contribution in [3.63, 3.8) is 0 Å². The first kappa shape index (κ1) is 23.8. The molecule has 0 spiro atoms. The number of halogens is 4. The van der Waals surface area contributed by atoms with Crippen LogP contribution in [0.5, 0.6) is 0 Å². The van der Waals surface area contributed by atoms with Crippen LogP contribution < -0.4 is 9.62 Å². The predicted octanol–water partition coefficient (Wildman–Crippen LogP) is 3.12. The number of hydrogen-bond donors (Lipinski definition) is 1. The molecule has 164 valence electrons. The molecule has 2 rings (SSSR count). The van der Waals surface area contributed by atoms with Crippen LogP contribution in [0, 0.1) is 0 Å². The number of nitrogens with zero attached hydrogens (tertiary/aromatic N) is 2. The number of rotatable bonds is 8. The SMILES string of the molecule is CS(=O)(=O)N(CC(=O)NCCCN1CCCCC1)c1ccc(Cl)c(C(F)(F)F)c1. The highest BCUT2D eigenvalue weighted by molar-refractivity contribution is 7.92. The molecule has 1 aromatic carbocycles. The molecule has 0 aromatic heterocycles. The lowest BCUT2D eigenvalue weighted by Gasteiger charge is -2.26. The number of hydrogen-bond acceptors (Lipinski definition) is 4. The van der Waals surface area contributed by atoms with Crippen molar-refractivity contribution in [3.8, 4) is 0 Å². The molecule has 1 N–H and O–H groups in total. The van der Waals surface area contributed by atoms with Crippen LogP contribution in [-0.2, 0) is 21.0 Å². The number of anilines is 1. The van der Waals surface area contributed by atoms with Crippen LogP contribution in [0.4, 0.5) is 18.9 Å². The molecular weight excluding hydrogens is 431 g/mol. The quantitative estimate of drug-likeness (QED) is 0.611. The highest BCUT2D eigenvalue weighted by Gasteiger charge is 2.34. The Kier molecular flexibility index (Phi) is 8.18. The van der Waals surface area contributed by atoms with E-state index >= 15 is 0 Å². The Hall–Kier alpha value is -1.52. The summed E-state index contributed by atoms with van der Waals surface area (Å²) in [5.74, 6) is -0.586. The molecule has 1 aromatic rings. The van der Waals surface area contributed by atoms with Gasteiger partial charge in [-0.3, -0.25) is 9.10 Å². The van der Waals surface area contributed by atoms with Gasteiger partial charge in [0, 0.05) is 6.54 Å². The maximum Gasteiger partial charge on any atom is 0.417 e. The number of amides is 1. The molecule has 11 heteroatoms. The molecule has 1 fully saturated rings. The van der Waals surface area contributed by atoms with E-state index < -0.39 is 39.2 Å². The van der Waals surface area contributed by atoms with Gasteiger partial charge in [-0.25, -0.2) is 8.42 Å². The molecule has 0 aliphatic carbocycles. The van der Waals surface area contributed by atoms with Gasteiger partial charge in [-0.05, 0) is 57.1 Å². The zero-order valence-corrected chi connectivity index (χ0v) is 17.7. The molecule has 1 saturated heterocycles. The Morgan fingerprint density at radius 1 is 1.24 bits per heavy atom. The summed E-state index contributed by atoms with van der Waals surface area (Å²) in [7, 11) is -3.98. The number of alkyl halides is 3. The Morgan fingerprint density at radius 2 is 1.90 bits per heavy atom. The van der Waals surface area contributed by atoms with Crippen LogP contribution >= 0.6 is 11.6 Å². The number of benzene rings is 1. The van der Waals surface area contributed by atoms with E-state index in [2.05, 4.69) is 10.2 Å². The van der Waals surface area contributed by atoms with Crippen molar-refractivity contribution in [1.82, 2.24) is 10.2 Å². The van der Waals surface area contributed by atoms with E-state index in [0.717, 1.165) is 50.9 Å². The molecular formula is C18H25ClF3N3O3S. The van der Waals surface area contributed by atoms with Crippen LogP contribution in [0.15, 0.2) is 18.2 Å². The van der Waals surface area contributed by atoms with Crippen molar-refractivity contribution in [2.75, 3.05) is 43.3 Å². The number of nitrogens with one attached hydrogen (secondary N) is 1. The van der Waals surface area contributed by atoms with Gasteiger partial charge in [0.2, 0.25) is 15.9 Å². The molecule has 0 radical (unpaired) electrons. The van der Waals surface area contributed by atoms with E-state index in [1.54, 1.807) is 0 Å². The zero-order chi connectivity index (χ0) is 21.7. The summed E-state index contributed by atoms with van der Waals surface area (Å²) in [6, 6.07) is 2.74. The van der Waals surface area contributed by atoms with E-state index in [1.807, 2.05) is 0 Å². The van der Waals surface area contributed by atoms with Crippen LogP contribution in [0.25, 0.3) is 0 Å². The molecule has 6 nitrogen and oxygen atoms in total. The van der Waals surface area contributed by atoms with Gasteiger partial charge in [0.25, 0.3) is 0 Å². The average Bonchev–Trinajstić information content (AvgIpc) is 2.63. The first-order chi connectivity index (χ1) is 13.5. The van der Waals surface area contributed by atoms with Crippen LogP contribution in [0.1, 0.15) is 31.2 Å². The van der Waals surface area contributed by atoms with Gasteiger partial charge in [-0.1, -0.05) is 18.0 Å². The number of piperidine rings is 1. The second-order valence-corrected chi connectivity index (χ2v) is 9.35. The Morgan fingerprint density at radius 3 is 2.48 bits per heavy atom. The minimum absolute atomic E-state index is 0.271. The summed E-state index contributed by atoms with van der Waals surface area (Å²) >= 11 is 5.58. The summed E-state index contributed by atoms with van der Waals surface area (Å²) in [5, 5.41) is 2.09. The van der Waals surface area contributed by atoms with Crippen molar-refractivity contribution >= 4 is 33.2 Å². The van der Waals surface area contributed by atoms with Gasteiger partial charge in [0.05, 0.1) is 22.5 Å². The Balaban J connectivity index is 1.99. The molecule has 1 heterocycles. The summed E-state index contributed by atoms with van der Waals surface area (Å²) < 4.78 is 64.0. The zero-order valence-electron chi connectivity index (χ0n) is 16.1. The van der Waals surface area contributed by atoms with Gasteiger partial charge in [-0.2, -0.15) is 13.2 Å². The van der Waals surface area contributed by atoms with Crippen molar-refractivity contribution < 1.29 is 26.4 Å². The van der Waals surface area contributed by atoms with E-state index in [4.69, 9.17) is 11.6 Å². The molecule has 0 bridgehead atoms. The molecule has 1 aliphatic heterocycles. The monoisotopic (exact) mass is 455 g/mol. The first-order valence-electron chi connectivity index (χ1n) is 9.32. The first-order valence-corrected chi connectivity index (χ1v) is 11.5. The highest BCUT2D eigenvalue weighted by Crippen LogP contribution is 2.37. The fourth-order valence-corrected chi connectivity index (χ4v) is 4.26. The minimum atomic E-state index is -4.74. The number of carbonyl (C=O) groups is 1. The van der Waals surface area contributed by atoms with E-state index in [9.17, 15) is 26.4 Å². The maximum absolute atomic E-state index is 13.1. The number of carbonyl (C=O) groups excluding carboxylic acids is 1. The Bertz CT molecular complexity index is 812. The minimum Gasteiger partial charge on any atom is -0.354 e. The predicted molar refractivity (Wildman–Crippen MR) is 107 cm³/mol. The fraction of sp³-hybridized carbons (Fsp3) is 0.611. The van der Waals surface area contributed by atoms with Gasteiger partial charge < -0.3 is 10.2 Å². The summed E-state index contributed by atoms with van der Waals surface area (Å²) in [6.07, 6.45) is 0.359. The molecule has 1 aliphatic rings. The van der Waals surface area contributed by atoms with E-state index in [-0.39, 0.29) is 5.69 Å². The third-order valence-electron chi connectivity index (χ3n) is 4.65. The standard InChI is InChI=1S/C18H25ClF3N3O3S/c1-29(27,28)25(14-6-7-16(19)15(12-14)18(20,21)22)13-17(26)23-8-5-11-24-9-3-2-4-10-24/h6-7,12H,2-5,8-11,13H2,1H3,(H,23,26). The van der Waals surface area contributed by atoms with Crippen molar-refractivity contribution in [3.05, 3.63) is 28.8 Å². The lowest BCUT2D eigenvalue weighted by Crippen LogP contribution is -2.41.